The Kier molecular flexibility index (Phi) is 6.62. The van der Waals surface area contributed by atoms with Crippen molar-refractivity contribution in [2.45, 2.75) is 78.2 Å². The van der Waals surface area contributed by atoms with E-state index in [-0.39, 0.29) is 6.10 Å². The highest BCUT2D eigenvalue weighted by Crippen LogP contribution is 2.26. The maximum atomic E-state index is 11.4. The zero-order chi connectivity index (χ0) is 13.5. The molecule has 18 heavy (non-hydrogen) atoms. The van der Waals surface area contributed by atoms with Crippen LogP contribution in [0.25, 0.3) is 0 Å². The average Bonchev–Trinajstić information content (AvgIpc) is 2.30. The minimum Gasteiger partial charge on any atom is -0.393 e. The maximum absolute atomic E-state index is 11.4. The Morgan fingerprint density at radius 1 is 1.11 bits per heavy atom. The van der Waals surface area contributed by atoms with E-state index in [4.69, 9.17) is 5.11 Å². The molecule has 2 fully saturated rings. The number of Topliss-reactive ketones (excluding diaryl/α,β-unsaturated/α-hetero) is 1. The van der Waals surface area contributed by atoms with E-state index in [2.05, 4.69) is 6.92 Å². The highest BCUT2D eigenvalue weighted by Gasteiger charge is 2.20. The van der Waals surface area contributed by atoms with Crippen LogP contribution in [-0.4, -0.2) is 17.0 Å². The number of carbonyl (C=O) groups is 1. The van der Waals surface area contributed by atoms with E-state index in [1.54, 1.807) is 0 Å². The maximum Gasteiger partial charge on any atom is 0.159 e. The first kappa shape index (κ1) is 15.4. The van der Waals surface area contributed by atoms with Crippen molar-refractivity contribution in [2.75, 3.05) is 0 Å². The van der Waals surface area contributed by atoms with Gasteiger partial charge in [-0.15, -0.1) is 0 Å². The van der Waals surface area contributed by atoms with Gasteiger partial charge in [0.15, 0.2) is 5.78 Å². The topological polar surface area (TPSA) is 37.3 Å². The van der Waals surface area contributed by atoms with Crippen molar-refractivity contribution in [1.82, 2.24) is 0 Å². The van der Waals surface area contributed by atoms with Crippen molar-refractivity contribution in [2.24, 2.45) is 5.92 Å². The second-order valence-electron chi connectivity index (χ2n) is 6.04. The quantitative estimate of drug-likeness (QED) is 0.661. The fourth-order valence-corrected chi connectivity index (χ4v) is 2.68. The second kappa shape index (κ2) is 7.73. The van der Waals surface area contributed by atoms with Crippen LogP contribution in [-0.2, 0) is 4.79 Å². The molecule has 2 nitrogen and oxygen atoms in total. The Labute approximate surface area is 111 Å². The lowest BCUT2D eigenvalue weighted by Gasteiger charge is -2.19. The predicted octanol–water partition coefficient (Wildman–Crippen LogP) is 4.02. The highest BCUT2D eigenvalue weighted by molar-refractivity contribution is 5.96. The third-order valence-electron chi connectivity index (χ3n) is 3.94. The summed E-state index contributed by atoms with van der Waals surface area (Å²) in [5.74, 6) is 0.981. The predicted molar refractivity (Wildman–Crippen MR) is 75.5 cm³/mol. The van der Waals surface area contributed by atoms with E-state index in [0.717, 1.165) is 31.3 Å². The van der Waals surface area contributed by atoms with Crippen LogP contribution in [0.1, 0.15) is 72.1 Å². The molecule has 0 aromatic rings. The van der Waals surface area contributed by atoms with Crippen LogP contribution >= 0.6 is 0 Å². The fraction of sp³-hybridized carbons (Fsp3) is 0.812. The molecule has 0 aromatic carbocycles. The number of hydrogen-bond donors (Lipinski definition) is 1. The molecule has 1 atom stereocenters. The van der Waals surface area contributed by atoms with Crippen LogP contribution in [0.4, 0.5) is 0 Å². The molecule has 0 amide bonds. The Morgan fingerprint density at radius 3 is 2.11 bits per heavy atom. The third kappa shape index (κ3) is 5.34. The van der Waals surface area contributed by atoms with Gasteiger partial charge in [-0.25, -0.2) is 0 Å². The second-order valence-corrected chi connectivity index (χ2v) is 6.04. The molecule has 2 rings (SSSR count). The van der Waals surface area contributed by atoms with E-state index >= 15 is 0 Å². The Bertz CT molecular complexity index is 294. The van der Waals surface area contributed by atoms with E-state index in [0.29, 0.717) is 11.7 Å². The summed E-state index contributed by atoms with van der Waals surface area (Å²) in [6.45, 7) is 6.21. The first-order valence-electron chi connectivity index (χ1n) is 7.38. The van der Waals surface area contributed by atoms with Gasteiger partial charge in [0.25, 0.3) is 0 Å². The SMILES string of the molecule is CC(C)=C1CC[C@@H](C)CC1=O.OC1CCCCC1. The summed E-state index contributed by atoms with van der Waals surface area (Å²) in [6.07, 6.45) is 8.88. The number of hydrogen-bond acceptors (Lipinski definition) is 2. The highest BCUT2D eigenvalue weighted by atomic mass is 16.3. The van der Waals surface area contributed by atoms with Crippen molar-refractivity contribution < 1.29 is 9.90 Å². The lowest BCUT2D eigenvalue weighted by Crippen LogP contribution is -2.16. The zero-order valence-electron chi connectivity index (χ0n) is 12.2. The van der Waals surface area contributed by atoms with Crippen LogP contribution in [0.3, 0.4) is 0 Å². The van der Waals surface area contributed by atoms with Gasteiger partial charge in [0, 0.05) is 6.42 Å². The fourth-order valence-electron chi connectivity index (χ4n) is 2.68. The third-order valence-corrected chi connectivity index (χ3v) is 3.94. The lowest BCUT2D eigenvalue weighted by atomic mass is 9.84. The summed E-state index contributed by atoms with van der Waals surface area (Å²) in [4.78, 5) is 11.4. The molecule has 2 aliphatic carbocycles. The Balaban J connectivity index is 0.000000199. The van der Waals surface area contributed by atoms with Gasteiger partial charge in [-0.05, 0) is 51.0 Å². The molecule has 104 valence electrons. The Morgan fingerprint density at radius 2 is 1.72 bits per heavy atom. The average molecular weight is 252 g/mol. The molecule has 0 aromatic heterocycles. The summed E-state index contributed by atoms with van der Waals surface area (Å²) >= 11 is 0. The van der Waals surface area contributed by atoms with Crippen molar-refractivity contribution in [3.63, 3.8) is 0 Å². The first-order chi connectivity index (χ1) is 8.50. The summed E-state index contributed by atoms with van der Waals surface area (Å²) in [5, 5.41) is 8.91. The number of aliphatic hydroxyl groups is 1. The molecule has 0 spiro atoms. The molecule has 0 heterocycles. The van der Waals surface area contributed by atoms with Crippen molar-refractivity contribution in [3.8, 4) is 0 Å². The molecule has 0 unspecified atom stereocenters. The number of aliphatic hydroxyl groups excluding tert-OH is 1. The normalized spacial score (nSPS) is 25.4. The van der Waals surface area contributed by atoms with Crippen LogP contribution in [0.5, 0.6) is 0 Å². The molecular weight excluding hydrogens is 224 g/mol. The number of allylic oxidation sites excluding steroid dienone is 2. The van der Waals surface area contributed by atoms with E-state index in [1.807, 2.05) is 13.8 Å². The molecule has 0 radical (unpaired) electrons. The van der Waals surface area contributed by atoms with E-state index < -0.39 is 0 Å². The standard InChI is InChI=1S/C10H16O.C6H12O/c1-7(2)9-5-4-8(3)6-10(9)11;7-6-4-2-1-3-5-6/h8H,4-6H2,1-3H3;6-7H,1-5H2/t8-;/m1./s1. The van der Waals surface area contributed by atoms with Crippen LogP contribution in [0.15, 0.2) is 11.1 Å². The smallest absolute Gasteiger partial charge is 0.159 e. The lowest BCUT2D eigenvalue weighted by molar-refractivity contribution is -0.117. The summed E-state index contributed by atoms with van der Waals surface area (Å²) in [5.41, 5.74) is 2.30. The molecule has 0 bridgehead atoms. The summed E-state index contributed by atoms with van der Waals surface area (Å²) in [6, 6.07) is 0. The summed E-state index contributed by atoms with van der Waals surface area (Å²) in [7, 11) is 0. The van der Waals surface area contributed by atoms with Gasteiger partial charge in [0.2, 0.25) is 0 Å². The Hall–Kier alpha value is -0.630. The molecule has 0 aliphatic heterocycles. The van der Waals surface area contributed by atoms with Crippen LogP contribution < -0.4 is 0 Å². The van der Waals surface area contributed by atoms with E-state index in [1.165, 1.54) is 31.3 Å². The van der Waals surface area contributed by atoms with Gasteiger partial charge in [0.05, 0.1) is 6.10 Å². The minimum atomic E-state index is 0.0359. The molecule has 1 N–H and O–H groups in total. The van der Waals surface area contributed by atoms with Crippen LogP contribution in [0, 0.1) is 5.92 Å². The molecule has 2 heteroatoms. The minimum absolute atomic E-state index is 0.0359. The van der Waals surface area contributed by atoms with Crippen molar-refractivity contribution >= 4 is 5.78 Å². The summed E-state index contributed by atoms with van der Waals surface area (Å²) < 4.78 is 0. The number of ketones is 1. The van der Waals surface area contributed by atoms with Crippen molar-refractivity contribution in [3.05, 3.63) is 11.1 Å². The molecule has 2 aliphatic rings. The van der Waals surface area contributed by atoms with Gasteiger partial charge in [-0.1, -0.05) is 31.8 Å². The van der Waals surface area contributed by atoms with Gasteiger partial charge < -0.3 is 5.11 Å². The number of rotatable bonds is 0. The van der Waals surface area contributed by atoms with Gasteiger partial charge in [0.1, 0.15) is 0 Å². The van der Waals surface area contributed by atoms with Crippen LogP contribution in [0.2, 0.25) is 0 Å². The first-order valence-corrected chi connectivity index (χ1v) is 7.38. The molecular formula is C16H28O2. The monoisotopic (exact) mass is 252 g/mol. The molecule has 2 saturated carbocycles. The zero-order valence-corrected chi connectivity index (χ0v) is 12.2. The van der Waals surface area contributed by atoms with Gasteiger partial charge in [-0.2, -0.15) is 0 Å². The largest absolute Gasteiger partial charge is 0.393 e. The van der Waals surface area contributed by atoms with E-state index in [9.17, 15) is 4.79 Å². The van der Waals surface area contributed by atoms with Gasteiger partial charge >= 0.3 is 0 Å². The van der Waals surface area contributed by atoms with Gasteiger partial charge in [-0.3, -0.25) is 4.79 Å². The molecule has 0 saturated heterocycles. The number of carbonyl (C=O) groups excluding carboxylic acids is 1. The van der Waals surface area contributed by atoms with Crippen molar-refractivity contribution in [1.29, 1.82) is 0 Å².